The molecule has 0 aliphatic heterocycles. The maximum Gasteiger partial charge on any atom is 0.251 e. The Morgan fingerprint density at radius 1 is 1.03 bits per heavy atom. The lowest BCUT2D eigenvalue weighted by molar-refractivity contribution is 0.0672. The summed E-state index contributed by atoms with van der Waals surface area (Å²) in [7, 11) is 0. The number of aromatic nitrogens is 2. The summed E-state index contributed by atoms with van der Waals surface area (Å²) in [4.78, 5) is 17.1. The Morgan fingerprint density at radius 2 is 1.69 bits per heavy atom. The average Bonchev–Trinajstić information content (AvgIpc) is 3.11. The van der Waals surface area contributed by atoms with Crippen molar-refractivity contribution >= 4 is 5.91 Å². The van der Waals surface area contributed by atoms with E-state index < -0.39 is 11.1 Å². The van der Waals surface area contributed by atoms with E-state index in [2.05, 4.69) is 10.3 Å². The second-order valence-corrected chi connectivity index (χ2v) is 8.66. The van der Waals surface area contributed by atoms with Crippen LogP contribution in [0.2, 0.25) is 0 Å². The number of rotatable bonds is 4. The third kappa shape index (κ3) is 4.90. The summed E-state index contributed by atoms with van der Waals surface area (Å²) in [5.41, 5.74) is 1.13. The minimum atomic E-state index is -1.16. The number of carbonyl (C=O) groups is 1. The molecule has 0 atom stereocenters. The maximum atomic E-state index is 13.4. The highest BCUT2D eigenvalue weighted by Gasteiger charge is 2.24. The van der Waals surface area contributed by atoms with E-state index in [-0.39, 0.29) is 11.7 Å². The van der Waals surface area contributed by atoms with Gasteiger partial charge < -0.3 is 15.0 Å². The molecule has 0 aliphatic rings. The molecule has 6 heteroatoms. The van der Waals surface area contributed by atoms with Crippen LogP contribution in [0.4, 0.5) is 4.39 Å². The Bertz CT molecular complexity index is 1030. The quantitative estimate of drug-likeness (QED) is 0.687. The molecule has 1 aromatic heterocycles. The summed E-state index contributed by atoms with van der Waals surface area (Å²) >= 11 is 0. The van der Waals surface area contributed by atoms with Gasteiger partial charge in [0.1, 0.15) is 17.2 Å². The van der Waals surface area contributed by atoms with Crippen molar-refractivity contribution in [3.8, 4) is 16.8 Å². The van der Waals surface area contributed by atoms with Gasteiger partial charge in [0, 0.05) is 29.2 Å². The van der Waals surface area contributed by atoms with Crippen LogP contribution in [0, 0.1) is 5.82 Å². The van der Waals surface area contributed by atoms with Crippen LogP contribution >= 0.6 is 0 Å². The summed E-state index contributed by atoms with van der Waals surface area (Å²) in [6.45, 7) is 9.05. The maximum absolute atomic E-state index is 13.4. The Morgan fingerprint density at radius 3 is 2.28 bits per heavy atom. The van der Waals surface area contributed by atoms with Crippen molar-refractivity contribution in [2.45, 2.75) is 45.8 Å². The van der Waals surface area contributed by atoms with Crippen molar-refractivity contribution in [1.29, 1.82) is 0 Å². The van der Waals surface area contributed by atoms with Gasteiger partial charge in [-0.25, -0.2) is 9.37 Å². The second-order valence-electron chi connectivity index (χ2n) is 8.66. The van der Waals surface area contributed by atoms with E-state index in [0.717, 1.165) is 11.1 Å². The summed E-state index contributed by atoms with van der Waals surface area (Å²) in [6, 6.07) is 11.5. The molecule has 1 amide bonds. The molecule has 3 aromatic rings. The monoisotopic (exact) mass is 395 g/mol. The van der Waals surface area contributed by atoms with Gasteiger partial charge in [-0.1, -0.05) is 12.1 Å². The highest BCUT2D eigenvalue weighted by molar-refractivity contribution is 5.96. The van der Waals surface area contributed by atoms with Gasteiger partial charge in [0.25, 0.3) is 5.91 Å². The van der Waals surface area contributed by atoms with Gasteiger partial charge in [0.05, 0.1) is 0 Å². The molecule has 29 heavy (non-hydrogen) atoms. The van der Waals surface area contributed by atoms with Crippen LogP contribution in [0.3, 0.4) is 0 Å². The highest BCUT2D eigenvalue weighted by Crippen LogP contribution is 2.28. The van der Waals surface area contributed by atoms with Crippen molar-refractivity contribution in [1.82, 2.24) is 14.9 Å². The van der Waals surface area contributed by atoms with E-state index in [1.807, 2.05) is 26.8 Å². The number of imidazole rings is 1. The summed E-state index contributed by atoms with van der Waals surface area (Å²) in [5, 5.41) is 13.4. The Hall–Kier alpha value is -2.99. The van der Waals surface area contributed by atoms with Gasteiger partial charge in [-0.3, -0.25) is 4.79 Å². The van der Waals surface area contributed by atoms with Crippen molar-refractivity contribution < 1.29 is 14.3 Å². The van der Waals surface area contributed by atoms with Crippen LogP contribution in [0.25, 0.3) is 16.8 Å². The van der Waals surface area contributed by atoms with E-state index in [1.165, 1.54) is 12.1 Å². The third-order valence-corrected chi connectivity index (χ3v) is 4.31. The molecule has 5 nitrogen and oxygen atoms in total. The molecule has 0 radical (unpaired) electrons. The second kappa shape index (κ2) is 7.44. The lowest BCUT2D eigenvalue weighted by atomic mass is 10.00. The van der Waals surface area contributed by atoms with E-state index >= 15 is 0 Å². The predicted octanol–water partition coefficient (Wildman–Crippen LogP) is 4.43. The molecule has 3 rings (SSSR count). The van der Waals surface area contributed by atoms with Crippen molar-refractivity contribution in [2.24, 2.45) is 0 Å². The number of amides is 1. The first-order valence-corrected chi connectivity index (χ1v) is 9.44. The summed E-state index contributed by atoms with van der Waals surface area (Å²) in [5.74, 6) is -0.0851. The number of benzene rings is 2. The Kier molecular flexibility index (Phi) is 5.32. The fourth-order valence-corrected chi connectivity index (χ4v) is 3.07. The minimum Gasteiger partial charge on any atom is -0.382 e. The fourth-order valence-electron chi connectivity index (χ4n) is 3.07. The zero-order chi connectivity index (χ0) is 21.4. The van der Waals surface area contributed by atoms with Crippen LogP contribution in [-0.4, -0.2) is 26.1 Å². The summed E-state index contributed by atoms with van der Waals surface area (Å²) in [6.07, 6.45) is 3.34. The molecule has 0 saturated heterocycles. The number of aliphatic hydroxyl groups is 1. The molecule has 2 N–H and O–H groups in total. The molecule has 0 saturated carbocycles. The molecule has 2 aromatic carbocycles. The summed E-state index contributed by atoms with van der Waals surface area (Å²) < 4.78 is 15.1. The van der Waals surface area contributed by atoms with Gasteiger partial charge in [0.2, 0.25) is 0 Å². The number of nitrogens with one attached hydrogen (secondary N) is 1. The van der Waals surface area contributed by atoms with Gasteiger partial charge in [-0.15, -0.1) is 0 Å². The van der Waals surface area contributed by atoms with Gasteiger partial charge in [0.15, 0.2) is 0 Å². The van der Waals surface area contributed by atoms with Crippen LogP contribution in [0.15, 0.2) is 54.9 Å². The normalized spacial score (nSPS) is 12.1. The Balaban J connectivity index is 2.17. The lowest BCUT2D eigenvalue weighted by Gasteiger charge is -2.22. The van der Waals surface area contributed by atoms with E-state index in [1.54, 1.807) is 55.1 Å². The minimum absolute atomic E-state index is 0.215. The van der Waals surface area contributed by atoms with Gasteiger partial charge >= 0.3 is 0 Å². The first-order chi connectivity index (χ1) is 13.4. The molecular weight excluding hydrogens is 369 g/mol. The average molecular weight is 395 g/mol. The number of halogens is 1. The standard InChI is InChI=1S/C23H26FN3O2/c1-22(2,3)26-20(28)17-12-16(15-6-8-18(24)9-7-15)13-19(14-17)27-11-10-25-21(27)23(4,5)29/h6-14,29H,1-5H3,(H,26,28). The SMILES string of the molecule is CC(C)(C)NC(=O)c1cc(-c2ccc(F)cc2)cc(-n2ccnc2C(C)(C)O)c1. The number of carbonyl (C=O) groups excluding carboxylic acids is 1. The zero-order valence-corrected chi connectivity index (χ0v) is 17.3. The zero-order valence-electron chi connectivity index (χ0n) is 17.3. The molecule has 0 bridgehead atoms. The van der Waals surface area contributed by atoms with Gasteiger partial charge in [-0.05, 0) is 76.1 Å². The predicted molar refractivity (Wildman–Crippen MR) is 111 cm³/mol. The number of hydrogen-bond acceptors (Lipinski definition) is 3. The number of nitrogens with zero attached hydrogens (tertiary/aromatic N) is 2. The molecule has 0 aliphatic carbocycles. The molecule has 1 heterocycles. The van der Waals surface area contributed by atoms with Crippen molar-refractivity contribution in [2.75, 3.05) is 0 Å². The largest absolute Gasteiger partial charge is 0.382 e. The van der Waals surface area contributed by atoms with Crippen molar-refractivity contribution in [3.05, 3.63) is 72.1 Å². The number of hydrogen-bond donors (Lipinski definition) is 2. The third-order valence-electron chi connectivity index (χ3n) is 4.31. The topological polar surface area (TPSA) is 67.2 Å². The lowest BCUT2D eigenvalue weighted by Crippen LogP contribution is -2.40. The molecule has 0 spiro atoms. The highest BCUT2D eigenvalue weighted by atomic mass is 19.1. The van der Waals surface area contributed by atoms with Crippen LogP contribution in [-0.2, 0) is 5.60 Å². The van der Waals surface area contributed by atoms with E-state index in [9.17, 15) is 14.3 Å². The van der Waals surface area contributed by atoms with E-state index in [4.69, 9.17) is 0 Å². The molecule has 0 unspecified atom stereocenters. The smallest absolute Gasteiger partial charge is 0.251 e. The first kappa shape index (κ1) is 20.7. The van der Waals surface area contributed by atoms with Crippen LogP contribution in [0.5, 0.6) is 0 Å². The molecule has 152 valence electrons. The van der Waals surface area contributed by atoms with Gasteiger partial charge in [-0.2, -0.15) is 0 Å². The molecule has 0 fully saturated rings. The van der Waals surface area contributed by atoms with E-state index in [0.29, 0.717) is 17.1 Å². The fraction of sp³-hybridized carbons (Fsp3) is 0.304. The van der Waals surface area contributed by atoms with Crippen molar-refractivity contribution in [3.63, 3.8) is 0 Å². The molecular formula is C23H26FN3O2. The van der Waals surface area contributed by atoms with Crippen LogP contribution in [0.1, 0.15) is 50.8 Å². The van der Waals surface area contributed by atoms with Crippen LogP contribution < -0.4 is 5.32 Å². The Labute approximate surface area is 170 Å². The first-order valence-electron chi connectivity index (χ1n) is 9.44.